The number of nitrogens with two attached hydrogens (primary N) is 1. The molecule has 0 radical (unpaired) electrons. The van der Waals surface area contributed by atoms with E-state index in [2.05, 4.69) is 15.3 Å². The molecule has 5 nitrogen and oxygen atoms in total. The maximum absolute atomic E-state index is 11.9. The molecule has 2 heterocycles. The maximum atomic E-state index is 11.9. The molecular formula is C13H16N4OS. The van der Waals surface area contributed by atoms with E-state index in [4.69, 9.17) is 5.73 Å². The number of hydrogen-bond donors (Lipinski definition) is 2. The predicted molar refractivity (Wildman–Crippen MR) is 75.0 cm³/mol. The number of nitrogens with one attached hydrogen (secondary N) is 1. The molecule has 2 aromatic rings. The minimum atomic E-state index is -0.157. The maximum Gasteiger partial charge on any atom is 0.271 e. The number of carbonyl (C=O) groups excluding carboxylic acids is 1. The minimum Gasteiger partial charge on any atom is -0.347 e. The third-order valence-corrected chi connectivity index (χ3v) is 3.63. The van der Waals surface area contributed by atoms with Crippen LogP contribution >= 0.6 is 11.3 Å². The first-order chi connectivity index (χ1) is 9.20. The Hall–Kier alpha value is -1.79. The molecule has 2 aromatic heterocycles. The minimum absolute atomic E-state index is 0.157. The van der Waals surface area contributed by atoms with Crippen LogP contribution in [0.5, 0.6) is 0 Å². The van der Waals surface area contributed by atoms with Crippen LogP contribution in [0.25, 0.3) is 0 Å². The number of hydrogen-bond acceptors (Lipinski definition) is 5. The Morgan fingerprint density at radius 2 is 2.37 bits per heavy atom. The third-order valence-electron chi connectivity index (χ3n) is 2.72. The molecule has 0 aromatic carbocycles. The zero-order valence-corrected chi connectivity index (χ0v) is 11.5. The van der Waals surface area contributed by atoms with Crippen LogP contribution < -0.4 is 11.1 Å². The zero-order chi connectivity index (χ0) is 13.7. The molecule has 0 spiro atoms. The average Bonchev–Trinajstić information content (AvgIpc) is 2.87. The summed E-state index contributed by atoms with van der Waals surface area (Å²) < 4.78 is 0. The number of amides is 1. The Bertz CT molecular complexity index is 567. The van der Waals surface area contributed by atoms with Gasteiger partial charge in [0.25, 0.3) is 5.91 Å². The van der Waals surface area contributed by atoms with Crippen molar-refractivity contribution in [3.05, 3.63) is 45.7 Å². The van der Waals surface area contributed by atoms with Gasteiger partial charge in [0.05, 0.1) is 5.01 Å². The molecule has 0 bridgehead atoms. The molecule has 2 rings (SSSR count). The van der Waals surface area contributed by atoms with Crippen molar-refractivity contribution >= 4 is 17.2 Å². The lowest BCUT2D eigenvalue weighted by molar-refractivity contribution is 0.0946. The molecule has 19 heavy (non-hydrogen) atoms. The van der Waals surface area contributed by atoms with E-state index in [1.165, 1.54) is 11.3 Å². The fourth-order valence-electron chi connectivity index (χ4n) is 1.62. The molecule has 0 unspecified atom stereocenters. The molecule has 0 aliphatic rings. The molecule has 0 atom stereocenters. The predicted octanol–water partition coefficient (Wildman–Crippen LogP) is 1.28. The van der Waals surface area contributed by atoms with Gasteiger partial charge in [-0.3, -0.25) is 9.78 Å². The largest absolute Gasteiger partial charge is 0.347 e. The Labute approximate surface area is 115 Å². The summed E-state index contributed by atoms with van der Waals surface area (Å²) >= 11 is 1.47. The Kier molecular flexibility index (Phi) is 4.59. The van der Waals surface area contributed by atoms with Crippen molar-refractivity contribution in [2.24, 2.45) is 5.73 Å². The summed E-state index contributed by atoms with van der Waals surface area (Å²) in [5.41, 5.74) is 8.03. The standard InChI is InChI=1S/C13H16N4OS/c1-9-6-15-5-3-10(9)7-16-13(18)11-8-19-12(17-11)2-4-14/h3,5-6,8H,2,4,7,14H2,1H3,(H,16,18). The van der Waals surface area contributed by atoms with E-state index in [0.717, 1.165) is 16.1 Å². The summed E-state index contributed by atoms with van der Waals surface area (Å²) in [4.78, 5) is 20.2. The van der Waals surface area contributed by atoms with Crippen LogP contribution in [0.1, 0.15) is 26.6 Å². The highest BCUT2D eigenvalue weighted by molar-refractivity contribution is 7.09. The van der Waals surface area contributed by atoms with Crippen molar-refractivity contribution in [2.45, 2.75) is 19.9 Å². The number of aryl methyl sites for hydroxylation is 1. The summed E-state index contributed by atoms with van der Waals surface area (Å²) in [7, 11) is 0. The molecule has 0 saturated carbocycles. The molecule has 0 aliphatic heterocycles. The lowest BCUT2D eigenvalue weighted by Crippen LogP contribution is -2.23. The number of pyridine rings is 1. The van der Waals surface area contributed by atoms with Gasteiger partial charge in [0.2, 0.25) is 0 Å². The van der Waals surface area contributed by atoms with Gasteiger partial charge in [-0.05, 0) is 30.7 Å². The first-order valence-corrected chi connectivity index (χ1v) is 6.91. The van der Waals surface area contributed by atoms with Gasteiger partial charge < -0.3 is 11.1 Å². The second-order valence-electron chi connectivity index (χ2n) is 4.15. The molecule has 3 N–H and O–H groups in total. The van der Waals surface area contributed by atoms with E-state index in [-0.39, 0.29) is 5.91 Å². The van der Waals surface area contributed by atoms with E-state index in [9.17, 15) is 4.79 Å². The summed E-state index contributed by atoms with van der Waals surface area (Å²) in [5.74, 6) is -0.157. The number of nitrogens with zero attached hydrogens (tertiary/aromatic N) is 2. The van der Waals surface area contributed by atoms with E-state index in [0.29, 0.717) is 25.2 Å². The van der Waals surface area contributed by atoms with Gasteiger partial charge in [-0.1, -0.05) is 0 Å². The summed E-state index contributed by atoms with van der Waals surface area (Å²) in [6.07, 6.45) is 4.21. The summed E-state index contributed by atoms with van der Waals surface area (Å²) in [5, 5.41) is 5.52. The Balaban J connectivity index is 1.95. The number of aromatic nitrogens is 2. The van der Waals surface area contributed by atoms with Crippen LogP contribution in [0.15, 0.2) is 23.8 Å². The van der Waals surface area contributed by atoms with E-state index in [1.54, 1.807) is 17.8 Å². The van der Waals surface area contributed by atoms with Crippen molar-refractivity contribution < 1.29 is 4.79 Å². The third kappa shape index (κ3) is 3.59. The smallest absolute Gasteiger partial charge is 0.271 e. The van der Waals surface area contributed by atoms with Gasteiger partial charge in [0, 0.05) is 30.7 Å². The quantitative estimate of drug-likeness (QED) is 0.862. The number of carbonyl (C=O) groups is 1. The lowest BCUT2D eigenvalue weighted by Gasteiger charge is -2.05. The average molecular weight is 276 g/mol. The van der Waals surface area contributed by atoms with Gasteiger partial charge >= 0.3 is 0 Å². The fourth-order valence-corrected chi connectivity index (χ4v) is 2.41. The molecule has 6 heteroatoms. The molecule has 100 valence electrons. The van der Waals surface area contributed by atoms with E-state index in [1.807, 2.05) is 13.0 Å². The SMILES string of the molecule is Cc1cnccc1CNC(=O)c1csc(CCN)n1. The van der Waals surface area contributed by atoms with E-state index >= 15 is 0 Å². The van der Waals surface area contributed by atoms with Crippen LogP contribution in [-0.4, -0.2) is 22.4 Å². The van der Waals surface area contributed by atoms with Crippen LogP contribution in [0, 0.1) is 6.92 Å². The number of rotatable bonds is 5. The van der Waals surface area contributed by atoms with Crippen molar-refractivity contribution in [1.82, 2.24) is 15.3 Å². The van der Waals surface area contributed by atoms with Crippen molar-refractivity contribution in [2.75, 3.05) is 6.54 Å². The molecule has 0 fully saturated rings. The first kappa shape index (κ1) is 13.6. The molecule has 0 aliphatic carbocycles. The first-order valence-electron chi connectivity index (χ1n) is 6.03. The van der Waals surface area contributed by atoms with Crippen molar-refractivity contribution in [3.8, 4) is 0 Å². The summed E-state index contributed by atoms with van der Waals surface area (Å²) in [6, 6.07) is 1.90. The van der Waals surface area contributed by atoms with Gasteiger partial charge in [-0.15, -0.1) is 11.3 Å². The fraction of sp³-hybridized carbons (Fsp3) is 0.308. The highest BCUT2D eigenvalue weighted by atomic mass is 32.1. The molecule has 1 amide bonds. The van der Waals surface area contributed by atoms with Crippen molar-refractivity contribution in [3.63, 3.8) is 0 Å². The zero-order valence-electron chi connectivity index (χ0n) is 10.7. The van der Waals surface area contributed by atoms with Crippen LogP contribution in [0.2, 0.25) is 0 Å². The Morgan fingerprint density at radius 1 is 1.53 bits per heavy atom. The van der Waals surface area contributed by atoms with Crippen LogP contribution in [0.4, 0.5) is 0 Å². The lowest BCUT2D eigenvalue weighted by atomic mass is 10.1. The topological polar surface area (TPSA) is 80.9 Å². The normalized spacial score (nSPS) is 10.4. The second-order valence-corrected chi connectivity index (χ2v) is 5.09. The van der Waals surface area contributed by atoms with Gasteiger partial charge in [-0.25, -0.2) is 4.98 Å². The van der Waals surface area contributed by atoms with Gasteiger partial charge in [0.15, 0.2) is 0 Å². The van der Waals surface area contributed by atoms with Crippen LogP contribution in [-0.2, 0) is 13.0 Å². The van der Waals surface area contributed by atoms with E-state index < -0.39 is 0 Å². The van der Waals surface area contributed by atoms with Crippen molar-refractivity contribution in [1.29, 1.82) is 0 Å². The number of thiazole rings is 1. The molecular weight excluding hydrogens is 260 g/mol. The highest BCUT2D eigenvalue weighted by Gasteiger charge is 2.10. The Morgan fingerprint density at radius 3 is 3.11 bits per heavy atom. The van der Waals surface area contributed by atoms with Gasteiger partial charge in [0.1, 0.15) is 5.69 Å². The van der Waals surface area contributed by atoms with Gasteiger partial charge in [-0.2, -0.15) is 0 Å². The van der Waals surface area contributed by atoms with Crippen LogP contribution in [0.3, 0.4) is 0 Å². The highest BCUT2D eigenvalue weighted by Crippen LogP contribution is 2.10. The summed E-state index contributed by atoms with van der Waals surface area (Å²) in [6.45, 7) is 3.00. The monoisotopic (exact) mass is 276 g/mol. The molecule has 0 saturated heterocycles. The second kappa shape index (κ2) is 6.40.